The van der Waals surface area contributed by atoms with Crippen LogP contribution in [0.1, 0.15) is 15.9 Å². The molecule has 1 N–H and O–H groups in total. The lowest BCUT2D eigenvalue weighted by atomic mass is 10.1. The van der Waals surface area contributed by atoms with Crippen LogP contribution in [-0.2, 0) is 14.8 Å². The van der Waals surface area contributed by atoms with E-state index in [9.17, 15) is 13.2 Å². The number of methoxy groups -OCH3 is 1. The maximum Gasteiger partial charge on any atom is 0.337 e. The van der Waals surface area contributed by atoms with Gasteiger partial charge in [0.1, 0.15) is 0 Å². The maximum absolute atomic E-state index is 12.0. The molecule has 0 heterocycles. The number of benzene rings is 2. The molecule has 0 aliphatic heterocycles. The number of carbonyl (C=O) groups excluding carboxylic acids is 1. The van der Waals surface area contributed by atoms with Crippen LogP contribution in [0.15, 0.2) is 58.5 Å². The number of hydrogen-bond donors (Lipinski definition) is 1. The number of halogens is 1. The van der Waals surface area contributed by atoms with Crippen molar-refractivity contribution in [2.45, 2.75) is 4.90 Å². The summed E-state index contributed by atoms with van der Waals surface area (Å²) in [5, 5.41) is 4.14. The predicted molar refractivity (Wildman–Crippen MR) is 87.1 cm³/mol. The van der Waals surface area contributed by atoms with Gasteiger partial charge in [-0.3, -0.25) is 0 Å². The third kappa shape index (κ3) is 4.54. The van der Waals surface area contributed by atoms with Gasteiger partial charge in [0, 0.05) is 5.02 Å². The summed E-state index contributed by atoms with van der Waals surface area (Å²) in [7, 11) is -2.46. The summed E-state index contributed by atoms with van der Waals surface area (Å²) < 4.78 is 28.6. The van der Waals surface area contributed by atoms with Crippen LogP contribution in [0.2, 0.25) is 5.02 Å². The van der Waals surface area contributed by atoms with Crippen LogP contribution in [0.5, 0.6) is 0 Å². The largest absolute Gasteiger partial charge is 0.465 e. The molecule has 2 aromatic rings. The second-order valence-corrected chi connectivity index (χ2v) is 6.52. The van der Waals surface area contributed by atoms with E-state index < -0.39 is 16.0 Å². The second-order valence-electron chi connectivity index (χ2n) is 4.42. The number of rotatable bonds is 5. The van der Waals surface area contributed by atoms with Crippen molar-refractivity contribution in [3.63, 3.8) is 0 Å². The summed E-state index contributed by atoms with van der Waals surface area (Å²) in [4.78, 5) is 13.4. The average molecular weight is 353 g/mol. The zero-order chi connectivity index (χ0) is 16.9. The van der Waals surface area contributed by atoms with Gasteiger partial charge in [-0.05, 0) is 42.0 Å². The van der Waals surface area contributed by atoms with E-state index in [0.29, 0.717) is 16.1 Å². The Kier molecular flexibility index (Phi) is 5.36. The number of esters is 1. The Bertz CT molecular complexity index is 816. The minimum Gasteiger partial charge on any atom is -0.465 e. The van der Waals surface area contributed by atoms with Crippen molar-refractivity contribution >= 4 is 33.8 Å². The highest BCUT2D eigenvalue weighted by Gasteiger charge is 2.12. The molecule has 8 heteroatoms. The van der Waals surface area contributed by atoms with E-state index in [2.05, 4.69) is 14.7 Å². The van der Waals surface area contributed by atoms with Crippen molar-refractivity contribution in [1.29, 1.82) is 0 Å². The molecule has 6 nitrogen and oxygen atoms in total. The highest BCUT2D eigenvalue weighted by Crippen LogP contribution is 2.13. The fourth-order valence-corrected chi connectivity index (χ4v) is 2.58. The molecule has 0 spiro atoms. The second kappa shape index (κ2) is 7.26. The number of hydrogen-bond acceptors (Lipinski definition) is 5. The van der Waals surface area contributed by atoms with Crippen LogP contribution in [0.3, 0.4) is 0 Å². The van der Waals surface area contributed by atoms with Gasteiger partial charge in [0.2, 0.25) is 0 Å². The van der Waals surface area contributed by atoms with Crippen molar-refractivity contribution in [3.8, 4) is 0 Å². The Morgan fingerprint density at radius 1 is 1.13 bits per heavy atom. The maximum atomic E-state index is 12.0. The summed E-state index contributed by atoms with van der Waals surface area (Å²) in [6.07, 6.45) is 1.33. The summed E-state index contributed by atoms with van der Waals surface area (Å²) >= 11 is 5.71. The van der Waals surface area contributed by atoms with Gasteiger partial charge in [-0.2, -0.15) is 13.5 Å². The van der Waals surface area contributed by atoms with Crippen molar-refractivity contribution in [1.82, 2.24) is 4.83 Å². The van der Waals surface area contributed by atoms with Gasteiger partial charge in [0.25, 0.3) is 10.0 Å². The van der Waals surface area contributed by atoms with E-state index in [4.69, 9.17) is 11.6 Å². The van der Waals surface area contributed by atoms with Crippen LogP contribution < -0.4 is 4.83 Å². The highest BCUT2D eigenvalue weighted by atomic mass is 35.5. The SMILES string of the molecule is COC(=O)c1ccc(/C=N/NS(=O)(=O)c2ccc(Cl)cc2)cc1. The molecule has 0 atom stereocenters. The van der Waals surface area contributed by atoms with Gasteiger partial charge in [-0.15, -0.1) is 0 Å². The Morgan fingerprint density at radius 3 is 2.30 bits per heavy atom. The van der Waals surface area contributed by atoms with Gasteiger partial charge in [-0.1, -0.05) is 23.7 Å². The van der Waals surface area contributed by atoms with Crippen molar-refractivity contribution in [2.75, 3.05) is 7.11 Å². The van der Waals surface area contributed by atoms with Crippen LogP contribution in [-0.4, -0.2) is 27.7 Å². The Balaban J connectivity index is 2.06. The van der Waals surface area contributed by atoms with Crippen molar-refractivity contribution < 1.29 is 17.9 Å². The van der Waals surface area contributed by atoms with Crippen LogP contribution in [0.4, 0.5) is 0 Å². The number of sulfonamides is 1. The van der Waals surface area contributed by atoms with E-state index >= 15 is 0 Å². The molecule has 0 aliphatic carbocycles. The average Bonchev–Trinajstić information content (AvgIpc) is 2.55. The van der Waals surface area contributed by atoms with Crippen molar-refractivity contribution in [3.05, 3.63) is 64.7 Å². The molecule has 0 saturated heterocycles. The topological polar surface area (TPSA) is 84.8 Å². The zero-order valence-corrected chi connectivity index (χ0v) is 13.6. The minimum atomic E-state index is -3.75. The highest BCUT2D eigenvalue weighted by molar-refractivity contribution is 7.89. The molecule has 0 aliphatic rings. The molecule has 120 valence electrons. The van der Waals surface area contributed by atoms with Gasteiger partial charge in [-0.25, -0.2) is 9.63 Å². The lowest BCUT2D eigenvalue weighted by molar-refractivity contribution is 0.0600. The standard InChI is InChI=1S/C15H13ClN2O4S/c1-22-15(19)12-4-2-11(3-5-12)10-17-18-23(20,21)14-8-6-13(16)7-9-14/h2-10,18H,1H3/b17-10+. The summed E-state index contributed by atoms with van der Waals surface area (Å²) in [6.45, 7) is 0. The molecule has 0 amide bonds. The first-order valence-corrected chi connectivity index (χ1v) is 8.27. The molecule has 0 aromatic heterocycles. The normalized spacial score (nSPS) is 11.4. The van der Waals surface area contributed by atoms with Crippen molar-refractivity contribution in [2.24, 2.45) is 5.10 Å². The molecule has 0 bridgehead atoms. The molecule has 2 aromatic carbocycles. The van der Waals surface area contributed by atoms with E-state index in [1.165, 1.54) is 37.6 Å². The fraction of sp³-hybridized carbons (Fsp3) is 0.0667. The molecule has 0 fully saturated rings. The number of ether oxygens (including phenoxy) is 1. The summed E-state index contributed by atoms with van der Waals surface area (Å²) in [6, 6.07) is 12.1. The molecule has 2 rings (SSSR count). The summed E-state index contributed by atoms with van der Waals surface area (Å²) in [5.41, 5.74) is 1.02. The van der Waals surface area contributed by atoms with E-state index in [-0.39, 0.29) is 4.90 Å². The smallest absolute Gasteiger partial charge is 0.337 e. The molecule has 0 saturated carbocycles. The predicted octanol–water partition coefficient (Wildman–Crippen LogP) is 2.44. The number of hydrazone groups is 1. The van der Waals surface area contributed by atoms with E-state index in [0.717, 1.165) is 0 Å². The number of nitrogens with zero attached hydrogens (tertiary/aromatic N) is 1. The lowest BCUT2D eigenvalue weighted by Gasteiger charge is -2.03. The fourth-order valence-electron chi connectivity index (χ4n) is 1.66. The van der Waals surface area contributed by atoms with Gasteiger partial charge in [0.05, 0.1) is 23.8 Å². The summed E-state index contributed by atoms with van der Waals surface area (Å²) in [5.74, 6) is -0.447. The Morgan fingerprint density at radius 2 is 1.74 bits per heavy atom. The zero-order valence-electron chi connectivity index (χ0n) is 12.1. The quantitative estimate of drug-likeness (QED) is 0.509. The van der Waals surface area contributed by atoms with E-state index in [1.54, 1.807) is 24.3 Å². The molecule has 0 unspecified atom stereocenters. The number of carbonyl (C=O) groups is 1. The molecular formula is C15H13ClN2O4S. The molecular weight excluding hydrogens is 340 g/mol. The Labute approximate surface area is 138 Å². The monoisotopic (exact) mass is 352 g/mol. The van der Waals surface area contributed by atoms with Crippen LogP contribution in [0, 0.1) is 0 Å². The third-order valence-corrected chi connectivity index (χ3v) is 4.33. The lowest BCUT2D eigenvalue weighted by Crippen LogP contribution is -2.18. The molecule has 0 radical (unpaired) electrons. The Hall–Kier alpha value is -2.38. The first-order chi connectivity index (χ1) is 10.9. The molecule has 23 heavy (non-hydrogen) atoms. The minimum absolute atomic E-state index is 0.0556. The van der Waals surface area contributed by atoms with E-state index in [1.807, 2.05) is 0 Å². The number of nitrogens with one attached hydrogen (secondary N) is 1. The van der Waals surface area contributed by atoms with Crippen LogP contribution >= 0.6 is 11.6 Å². The van der Waals surface area contributed by atoms with Gasteiger partial charge >= 0.3 is 5.97 Å². The van der Waals surface area contributed by atoms with Gasteiger partial charge in [0.15, 0.2) is 0 Å². The first-order valence-electron chi connectivity index (χ1n) is 6.41. The first kappa shape index (κ1) is 17.0. The van der Waals surface area contributed by atoms with Crippen LogP contribution in [0.25, 0.3) is 0 Å². The van der Waals surface area contributed by atoms with Gasteiger partial charge < -0.3 is 4.74 Å². The third-order valence-electron chi connectivity index (χ3n) is 2.84.